The van der Waals surface area contributed by atoms with E-state index in [0.29, 0.717) is 5.02 Å². The van der Waals surface area contributed by atoms with E-state index in [9.17, 15) is 9.18 Å². The lowest BCUT2D eigenvalue weighted by Crippen LogP contribution is -2.08. The second-order valence-electron chi connectivity index (χ2n) is 3.47. The molecule has 5 heteroatoms. The van der Waals surface area contributed by atoms with Gasteiger partial charge in [0.05, 0.1) is 15.6 Å². The Morgan fingerprint density at radius 3 is 2.28 bits per heavy atom. The maximum absolute atomic E-state index is 12.7. The summed E-state index contributed by atoms with van der Waals surface area (Å²) in [6, 6.07) is 9.56. The first kappa shape index (κ1) is 12.9. The van der Waals surface area contributed by atoms with Crippen LogP contribution in [0.3, 0.4) is 0 Å². The van der Waals surface area contributed by atoms with Crippen LogP contribution in [0.4, 0.5) is 4.39 Å². The SMILES string of the molecule is O=C(Oc1ccc(F)cc1)c1ccc(Cl)c(Cl)c1. The molecule has 0 saturated carbocycles. The first-order valence-corrected chi connectivity index (χ1v) is 5.74. The number of carbonyl (C=O) groups excluding carboxylic acids is 1. The maximum Gasteiger partial charge on any atom is 0.343 e. The fourth-order valence-electron chi connectivity index (χ4n) is 1.29. The fourth-order valence-corrected chi connectivity index (χ4v) is 1.59. The minimum atomic E-state index is -0.583. The van der Waals surface area contributed by atoms with E-state index in [-0.39, 0.29) is 16.3 Å². The summed E-state index contributed by atoms with van der Waals surface area (Å²) in [6.07, 6.45) is 0. The van der Waals surface area contributed by atoms with Crippen LogP contribution in [-0.2, 0) is 0 Å². The summed E-state index contributed by atoms with van der Waals surface area (Å²) in [5.74, 6) is -0.725. The van der Waals surface area contributed by atoms with Crippen molar-refractivity contribution in [3.63, 3.8) is 0 Å². The molecule has 18 heavy (non-hydrogen) atoms. The van der Waals surface area contributed by atoms with Gasteiger partial charge in [0.25, 0.3) is 0 Å². The number of esters is 1. The number of carbonyl (C=O) groups is 1. The van der Waals surface area contributed by atoms with Crippen LogP contribution in [0.2, 0.25) is 10.0 Å². The highest BCUT2D eigenvalue weighted by Gasteiger charge is 2.10. The number of rotatable bonds is 2. The van der Waals surface area contributed by atoms with Gasteiger partial charge in [0.1, 0.15) is 11.6 Å². The third-order valence-corrected chi connectivity index (χ3v) is 2.92. The first-order valence-electron chi connectivity index (χ1n) is 4.99. The topological polar surface area (TPSA) is 26.3 Å². The average Bonchev–Trinajstić information content (AvgIpc) is 2.35. The summed E-state index contributed by atoms with van der Waals surface area (Å²) < 4.78 is 17.7. The van der Waals surface area contributed by atoms with Crippen molar-refractivity contribution in [1.82, 2.24) is 0 Å². The van der Waals surface area contributed by atoms with Crippen LogP contribution >= 0.6 is 23.2 Å². The van der Waals surface area contributed by atoms with E-state index in [2.05, 4.69) is 0 Å². The Morgan fingerprint density at radius 1 is 1.00 bits per heavy atom. The summed E-state index contributed by atoms with van der Waals surface area (Å²) in [5, 5.41) is 0.625. The predicted octanol–water partition coefficient (Wildman–Crippen LogP) is 4.35. The van der Waals surface area contributed by atoms with Crippen LogP contribution in [0.25, 0.3) is 0 Å². The fraction of sp³-hybridized carbons (Fsp3) is 0. The molecule has 2 nitrogen and oxygen atoms in total. The maximum atomic E-state index is 12.7. The summed E-state index contributed by atoms with van der Waals surface area (Å²) in [7, 11) is 0. The lowest BCUT2D eigenvalue weighted by atomic mass is 10.2. The Balaban J connectivity index is 2.16. The van der Waals surface area contributed by atoms with Crippen molar-refractivity contribution in [2.24, 2.45) is 0 Å². The van der Waals surface area contributed by atoms with Crippen LogP contribution in [-0.4, -0.2) is 5.97 Å². The minimum absolute atomic E-state index is 0.257. The van der Waals surface area contributed by atoms with Crippen LogP contribution < -0.4 is 4.74 Å². The van der Waals surface area contributed by atoms with E-state index in [1.807, 2.05) is 0 Å². The van der Waals surface area contributed by atoms with E-state index in [0.717, 1.165) is 0 Å². The summed E-state index contributed by atoms with van der Waals surface area (Å²) >= 11 is 11.5. The van der Waals surface area contributed by atoms with Crippen LogP contribution in [0.15, 0.2) is 42.5 Å². The minimum Gasteiger partial charge on any atom is -0.423 e. The molecular weight excluding hydrogens is 278 g/mol. The molecule has 0 aliphatic carbocycles. The van der Waals surface area contributed by atoms with Crippen molar-refractivity contribution >= 4 is 29.2 Å². The quantitative estimate of drug-likeness (QED) is 0.605. The highest BCUT2D eigenvalue weighted by Crippen LogP contribution is 2.23. The van der Waals surface area contributed by atoms with Gasteiger partial charge in [0.15, 0.2) is 0 Å². The molecule has 0 fully saturated rings. The third kappa shape index (κ3) is 3.00. The van der Waals surface area contributed by atoms with Crippen molar-refractivity contribution in [2.45, 2.75) is 0 Å². The van der Waals surface area contributed by atoms with Gasteiger partial charge in [0, 0.05) is 0 Å². The number of ether oxygens (including phenoxy) is 1. The zero-order chi connectivity index (χ0) is 13.1. The summed E-state index contributed by atoms with van der Waals surface area (Å²) in [5.41, 5.74) is 0.272. The largest absolute Gasteiger partial charge is 0.423 e. The second-order valence-corrected chi connectivity index (χ2v) is 4.29. The monoisotopic (exact) mass is 284 g/mol. The summed E-state index contributed by atoms with van der Waals surface area (Å²) in [4.78, 5) is 11.7. The lowest BCUT2D eigenvalue weighted by Gasteiger charge is -2.05. The zero-order valence-electron chi connectivity index (χ0n) is 8.99. The molecule has 0 spiro atoms. The highest BCUT2D eigenvalue weighted by atomic mass is 35.5. The molecule has 0 amide bonds. The Hall–Kier alpha value is -1.58. The van der Waals surface area contributed by atoms with Crippen LogP contribution in [0.1, 0.15) is 10.4 Å². The molecule has 2 aromatic rings. The number of benzene rings is 2. The molecule has 0 aromatic heterocycles. The average molecular weight is 285 g/mol. The van der Waals surface area contributed by atoms with E-state index in [1.165, 1.54) is 42.5 Å². The molecular formula is C13H7Cl2FO2. The Bertz CT molecular complexity index is 582. The van der Waals surface area contributed by atoms with Gasteiger partial charge in [-0.1, -0.05) is 23.2 Å². The normalized spacial score (nSPS) is 10.2. The van der Waals surface area contributed by atoms with Gasteiger partial charge in [-0.2, -0.15) is 0 Å². The molecule has 0 N–H and O–H groups in total. The lowest BCUT2D eigenvalue weighted by molar-refractivity contribution is 0.0734. The van der Waals surface area contributed by atoms with E-state index >= 15 is 0 Å². The van der Waals surface area contributed by atoms with E-state index in [4.69, 9.17) is 27.9 Å². The van der Waals surface area contributed by atoms with Gasteiger partial charge in [-0.3, -0.25) is 0 Å². The Kier molecular flexibility index (Phi) is 3.84. The molecule has 0 saturated heterocycles. The van der Waals surface area contributed by atoms with Gasteiger partial charge < -0.3 is 4.74 Å². The summed E-state index contributed by atoms with van der Waals surface area (Å²) in [6.45, 7) is 0. The first-order chi connectivity index (χ1) is 8.56. The molecule has 0 aliphatic heterocycles. The van der Waals surface area contributed by atoms with Crippen molar-refractivity contribution in [2.75, 3.05) is 0 Å². The third-order valence-electron chi connectivity index (χ3n) is 2.18. The molecule has 2 rings (SSSR count). The van der Waals surface area contributed by atoms with E-state index < -0.39 is 11.8 Å². The van der Waals surface area contributed by atoms with Gasteiger partial charge in [0.2, 0.25) is 0 Å². The number of hydrogen-bond donors (Lipinski definition) is 0. The molecule has 92 valence electrons. The Labute approximate surface area is 113 Å². The van der Waals surface area contributed by atoms with Gasteiger partial charge in [-0.05, 0) is 42.5 Å². The molecule has 0 heterocycles. The number of hydrogen-bond acceptors (Lipinski definition) is 2. The van der Waals surface area contributed by atoms with Crippen molar-refractivity contribution < 1.29 is 13.9 Å². The highest BCUT2D eigenvalue weighted by molar-refractivity contribution is 6.42. The molecule has 0 atom stereocenters. The number of halogens is 3. The van der Waals surface area contributed by atoms with E-state index in [1.54, 1.807) is 0 Å². The second kappa shape index (κ2) is 5.38. The van der Waals surface area contributed by atoms with Crippen molar-refractivity contribution in [3.05, 3.63) is 63.9 Å². The molecule has 0 aliphatic rings. The van der Waals surface area contributed by atoms with Crippen molar-refractivity contribution in [1.29, 1.82) is 0 Å². The standard InChI is InChI=1S/C13H7Cl2FO2/c14-11-6-1-8(7-12(11)15)13(17)18-10-4-2-9(16)3-5-10/h1-7H. The Morgan fingerprint density at radius 2 is 1.67 bits per heavy atom. The van der Waals surface area contributed by atoms with Gasteiger partial charge in [-0.15, -0.1) is 0 Å². The van der Waals surface area contributed by atoms with Gasteiger partial charge in [-0.25, -0.2) is 9.18 Å². The predicted molar refractivity (Wildman–Crippen MR) is 67.8 cm³/mol. The molecule has 0 radical (unpaired) electrons. The zero-order valence-corrected chi connectivity index (χ0v) is 10.5. The van der Waals surface area contributed by atoms with Crippen LogP contribution in [0.5, 0.6) is 5.75 Å². The smallest absolute Gasteiger partial charge is 0.343 e. The molecule has 0 unspecified atom stereocenters. The van der Waals surface area contributed by atoms with Crippen molar-refractivity contribution in [3.8, 4) is 5.75 Å². The molecule has 2 aromatic carbocycles. The van der Waals surface area contributed by atoms with Crippen LogP contribution in [0, 0.1) is 5.82 Å². The molecule has 0 bridgehead atoms. The van der Waals surface area contributed by atoms with Gasteiger partial charge >= 0.3 is 5.97 Å².